The molecule has 0 amide bonds. The molecule has 4 nitrogen and oxygen atoms in total. The van der Waals surface area contributed by atoms with Gasteiger partial charge in [0.25, 0.3) is 0 Å². The molecule has 2 N–H and O–H groups in total. The van der Waals surface area contributed by atoms with E-state index in [0.717, 1.165) is 31.2 Å². The van der Waals surface area contributed by atoms with Crippen molar-refractivity contribution >= 4 is 11.4 Å². The van der Waals surface area contributed by atoms with Crippen molar-refractivity contribution in [2.24, 2.45) is 11.8 Å². The summed E-state index contributed by atoms with van der Waals surface area (Å²) in [6.07, 6.45) is 5.17. The second kappa shape index (κ2) is 8.55. The Labute approximate surface area is 186 Å². The van der Waals surface area contributed by atoms with Gasteiger partial charge in [0, 0.05) is 29.9 Å². The van der Waals surface area contributed by atoms with Crippen LogP contribution in [0.2, 0.25) is 0 Å². The molecule has 3 atom stereocenters. The zero-order chi connectivity index (χ0) is 21.4. The second-order valence-corrected chi connectivity index (χ2v) is 9.63. The van der Waals surface area contributed by atoms with Crippen LogP contribution >= 0.6 is 0 Å². The maximum Gasteiger partial charge on any atom is 0.0991 e. The SMILES string of the molecule is CCN1c2ccc(C3CCNCC3)cc2[C@H](Nc2ccc(C#N)cc2)[C@@H](C)[C@@H]1C1CC1. The van der Waals surface area contributed by atoms with Crippen molar-refractivity contribution in [3.8, 4) is 6.07 Å². The summed E-state index contributed by atoms with van der Waals surface area (Å²) < 4.78 is 0. The Hall–Kier alpha value is -2.51. The highest BCUT2D eigenvalue weighted by atomic mass is 15.2. The summed E-state index contributed by atoms with van der Waals surface area (Å²) in [6.45, 7) is 8.05. The largest absolute Gasteiger partial charge is 0.378 e. The van der Waals surface area contributed by atoms with E-state index in [1.807, 2.05) is 12.1 Å². The molecule has 0 radical (unpaired) electrons. The van der Waals surface area contributed by atoms with Gasteiger partial charge in [-0.25, -0.2) is 0 Å². The number of nitrogens with one attached hydrogen (secondary N) is 2. The molecule has 3 aliphatic rings. The average Bonchev–Trinajstić information content (AvgIpc) is 3.66. The van der Waals surface area contributed by atoms with Gasteiger partial charge >= 0.3 is 0 Å². The lowest BCUT2D eigenvalue weighted by molar-refractivity contribution is 0.332. The molecule has 0 bridgehead atoms. The van der Waals surface area contributed by atoms with Crippen LogP contribution in [0.1, 0.15) is 68.2 Å². The predicted molar refractivity (Wildman–Crippen MR) is 128 cm³/mol. The lowest BCUT2D eigenvalue weighted by atomic mass is 9.78. The minimum Gasteiger partial charge on any atom is -0.378 e. The number of rotatable bonds is 5. The first-order chi connectivity index (χ1) is 15.2. The van der Waals surface area contributed by atoms with Gasteiger partial charge < -0.3 is 15.5 Å². The molecular formula is C27H34N4. The zero-order valence-electron chi connectivity index (χ0n) is 18.8. The number of hydrogen-bond donors (Lipinski definition) is 2. The first kappa shape index (κ1) is 20.4. The van der Waals surface area contributed by atoms with E-state index < -0.39 is 0 Å². The van der Waals surface area contributed by atoms with Crippen molar-refractivity contribution in [2.75, 3.05) is 29.9 Å². The molecule has 1 saturated heterocycles. The van der Waals surface area contributed by atoms with Gasteiger partial charge in [0.1, 0.15) is 0 Å². The molecule has 5 rings (SSSR count). The standard InChI is InChI=1S/C27H34N4/c1-3-31-25-11-8-22(20-12-14-29-15-13-20)16-24(25)26(18(2)27(31)21-6-7-21)30-23-9-4-19(17-28)5-10-23/h4-5,8-11,16,18,20-21,26-27,29-30H,3,6-7,12-15H2,1-2H3/t18-,26-,27-/m1/s1. The first-order valence-corrected chi connectivity index (χ1v) is 12.1. The van der Waals surface area contributed by atoms with E-state index in [0.29, 0.717) is 23.4 Å². The molecular weight excluding hydrogens is 380 g/mol. The maximum atomic E-state index is 9.16. The summed E-state index contributed by atoms with van der Waals surface area (Å²) in [5, 5.41) is 16.5. The fraction of sp³-hybridized carbons (Fsp3) is 0.519. The Morgan fingerprint density at radius 2 is 1.81 bits per heavy atom. The molecule has 2 fully saturated rings. The van der Waals surface area contributed by atoms with E-state index >= 15 is 0 Å². The minimum atomic E-state index is 0.290. The third-order valence-corrected chi connectivity index (χ3v) is 7.71. The van der Waals surface area contributed by atoms with Crippen LogP contribution in [0.25, 0.3) is 0 Å². The van der Waals surface area contributed by atoms with Crippen LogP contribution in [-0.4, -0.2) is 25.7 Å². The van der Waals surface area contributed by atoms with Crippen LogP contribution in [0, 0.1) is 23.2 Å². The smallest absolute Gasteiger partial charge is 0.0991 e. The molecule has 1 aliphatic carbocycles. The normalized spacial score (nSPS) is 26.2. The number of piperidine rings is 1. The summed E-state index contributed by atoms with van der Waals surface area (Å²) in [5.41, 5.74) is 6.19. The molecule has 2 aromatic rings. The van der Waals surface area contributed by atoms with Gasteiger partial charge in [0.2, 0.25) is 0 Å². The molecule has 0 unspecified atom stereocenters. The van der Waals surface area contributed by atoms with E-state index in [2.05, 4.69) is 65.8 Å². The predicted octanol–water partition coefficient (Wildman–Crippen LogP) is 5.43. The highest BCUT2D eigenvalue weighted by molar-refractivity contribution is 5.63. The number of hydrogen-bond acceptors (Lipinski definition) is 4. The molecule has 31 heavy (non-hydrogen) atoms. The Bertz CT molecular complexity index is 950. The summed E-state index contributed by atoms with van der Waals surface area (Å²) >= 11 is 0. The fourth-order valence-electron chi connectivity index (χ4n) is 5.95. The van der Waals surface area contributed by atoms with E-state index in [-0.39, 0.29) is 6.04 Å². The van der Waals surface area contributed by atoms with Gasteiger partial charge in [-0.1, -0.05) is 19.1 Å². The van der Waals surface area contributed by atoms with Gasteiger partial charge in [-0.3, -0.25) is 0 Å². The lowest BCUT2D eigenvalue weighted by Gasteiger charge is -2.47. The van der Waals surface area contributed by atoms with Crippen LogP contribution < -0.4 is 15.5 Å². The quantitative estimate of drug-likeness (QED) is 0.685. The fourth-order valence-corrected chi connectivity index (χ4v) is 5.95. The highest BCUT2D eigenvalue weighted by Crippen LogP contribution is 2.50. The van der Waals surface area contributed by atoms with E-state index in [4.69, 9.17) is 5.26 Å². The minimum absolute atomic E-state index is 0.290. The molecule has 2 aromatic carbocycles. The lowest BCUT2D eigenvalue weighted by Crippen LogP contribution is -2.49. The van der Waals surface area contributed by atoms with Gasteiger partial charge in [0.05, 0.1) is 17.7 Å². The molecule has 0 spiro atoms. The number of anilines is 2. The van der Waals surface area contributed by atoms with Crippen molar-refractivity contribution in [1.82, 2.24) is 5.32 Å². The van der Waals surface area contributed by atoms with Crippen LogP contribution in [0.3, 0.4) is 0 Å². The van der Waals surface area contributed by atoms with Gasteiger partial charge in [-0.2, -0.15) is 5.26 Å². The van der Waals surface area contributed by atoms with Crippen molar-refractivity contribution in [2.45, 2.75) is 57.5 Å². The molecule has 1 saturated carbocycles. The Kier molecular flexibility index (Phi) is 5.63. The van der Waals surface area contributed by atoms with Crippen LogP contribution in [0.5, 0.6) is 0 Å². The number of nitrogens with zero attached hydrogens (tertiary/aromatic N) is 2. The topological polar surface area (TPSA) is 51.1 Å². The van der Waals surface area contributed by atoms with Crippen LogP contribution in [-0.2, 0) is 0 Å². The maximum absolute atomic E-state index is 9.16. The van der Waals surface area contributed by atoms with Crippen LogP contribution in [0.15, 0.2) is 42.5 Å². The molecule has 4 heteroatoms. The third kappa shape index (κ3) is 3.92. The number of fused-ring (bicyclic) bond motifs is 1. The van der Waals surface area contributed by atoms with Gasteiger partial charge in [0.15, 0.2) is 0 Å². The van der Waals surface area contributed by atoms with Crippen molar-refractivity contribution in [3.05, 3.63) is 59.2 Å². The van der Waals surface area contributed by atoms with Gasteiger partial charge in [-0.15, -0.1) is 0 Å². The van der Waals surface area contributed by atoms with Crippen molar-refractivity contribution < 1.29 is 0 Å². The van der Waals surface area contributed by atoms with Crippen molar-refractivity contribution in [3.63, 3.8) is 0 Å². The summed E-state index contributed by atoms with van der Waals surface area (Å²) in [5.74, 6) is 2.00. The Balaban J connectivity index is 1.53. The van der Waals surface area contributed by atoms with Crippen LogP contribution in [0.4, 0.5) is 11.4 Å². The zero-order valence-corrected chi connectivity index (χ0v) is 18.8. The average molecular weight is 415 g/mol. The van der Waals surface area contributed by atoms with Gasteiger partial charge in [-0.05, 0) is 99.0 Å². The van der Waals surface area contributed by atoms with E-state index in [9.17, 15) is 0 Å². The Morgan fingerprint density at radius 3 is 2.45 bits per heavy atom. The molecule has 2 heterocycles. The third-order valence-electron chi connectivity index (χ3n) is 7.71. The summed E-state index contributed by atoms with van der Waals surface area (Å²) in [7, 11) is 0. The number of nitriles is 1. The van der Waals surface area contributed by atoms with E-state index in [1.165, 1.54) is 42.5 Å². The number of benzene rings is 2. The summed E-state index contributed by atoms with van der Waals surface area (Å²) in [4.78, 5) is 2.68. The van der Waals surface area contributed by atoms with E-state index in [1.54, 1.807) is 0 Å². The van der Waals surface area contributed by atoms with Crippen molar-refractivity contribution in [1.29, 1.82) is 5.26 Å². The summed E-state index contributed by atoms with van der Waals surface area (Å²) in [6, 6.07) is 18.4. The molecule has 162 valence electrons. The highest BCUT2D eigenvalue weighted by Gasteiger charge is 2.45. The molecule has 0 aromatic heterocycles. The second-order valence-electron chi connectivity index (χ2n) is 9.63. The first-order valence-electron chi connectivity index (χ1n) is 12.1. The molecule has 2 aliphatic heterocycles. The Morgan fingerprint density at radius 1 is 1.06 bits per heavy atom. The monoisotopic (exact) mass is 414 g/mol.